The summed E-state index contributed by atoms with van der Waals surface area (Å²) in [5.41, 5.74) is 4.34. The van der Waals surface area contributed by atoms with Crippen molar-refractivity contribution in [2.24, 2.45) is 0 Å². The molecule has 1 aromatic rings. The zero-order valence-corrected chi connectivity index (χ0v) is 10.5. The topological polar surface area (TPSA) is 0 Å². The minimum absolute atomic E-state index is 0.392. The smallest absolute Gasteiger partial charge is 0.00769 e. The van der Waals surface area contributed by atoms with Crippen LogP contribution in [-0.4, -0.2) is 14.3 Å². The summed E-state index contributed by atoms with van der Waals surface area (Å²) in [6.07, 6.45) is 4.63. The summed E-state index contributed by atoms with van der Waals surface area (Å²) in [4.78, 5) is 0. The van der Waals surface area contributed by atoms with Crippen molar-refractivity contribution in [2.75, 3.05) is 0 Å². The Morgan fingerprint density at radius 2 is 1.73 bits per heavy atom. The summed E-state index contributed by atoms with van der Waals surface area (Å²) >= 11 is 0. The molecule has 0 amide bonds. The van der Waals surface area contributed by atoms with Crippen molar-refractivity contribution in [3.63, 3.8) is 0 Å². The van der Waals surface area contributed by atoms with E-state index in [4.69, 9.17) is 0 Å². The van der Waals surface area contributed by atoms with Crippen molar-refractivity contribution in [3.8, 4) is 0 Å². The molecule has 0 saturated carbocycles. The van der Waals surface area contributed by atoms with E-state index in [-0.39, 0.29) is 0 Å². The second-order valence-electron chi connectivity index (χ2n) is 4.06. The lowest BCUT2D eigenvalue weighted by atomic mass is 10.2. The van der Waals surface area contributed by atoms with Crippen molar-refractivity contribution in [1.82, 2.24) is 0 Å². The highest BCUT2D eigenvalue weighted by molar-refractivity contribution is 6.61. The van der Waals surface area contributed by atoms with Gasteiger partial charge < -0.3 is 0 Å². The van der Waals surface area contributed by atoms with Crippen LogP contribution in [0.3, 0.4) is 0 Å². The van der Waals surface area contributed by atoms with Gasteiger partial charge in [-0.3, -0.25) is 0 Å². The van der Waals surface area contributed by atoms with Gasteiger partial charge in [0.25, 0.3) is 0 Å². The fraction of sp³-hybridized carbons (Fsp3) is 0.214. The minimum Gasteiger partial charge on any atom is -0.0622 e. The third-order valence-electron chi connectivity index (χ3n) is 2.68. The fourth-order valence-corrected chi connectivity index (χ4v) is 3.40. The van der Waals surface area contributed by atoms with Crippen LogP contribution in [0.4, 0.5) is 0 Å². The quantitative estimate of drug-likeness (QED) is 0.661. The molecular weight excluding hydrogens is 196 g/mol. The van der Waals surface area contributed by atoms with Gasteiger partial charge in [0.2, 0.25) is 0 Å². The van der Waals surface area contributed by atoms with Crippen LogP contribution in [0.2, 0.25) is 0 Å². The molecule has 1 aliphatic carbocycles. The van der Waals surface area contributed by atoms with Crippen molar-refractivity contribution in [1.29, 1.82) is 0 Å². The summed E-state index contributed by atoms with van der Waals surface area (Å²) < 4.78 is 0. The maximum absolute atomic E-state index is 2.34. The van der Waals surface area contributed by atoms with Crippen LogP contribution in [-0.2, 0) is 6.04 Å². The summed E-state index contributed by atoms with van der Waals surface area (Å²) in [5, 5.41) is 1.58. The maximum Gasteiger partial charge on any atom is 0.00769 e. The Morgan fingerprint density at radius 3 is 2.33 bits per heavy atom. The SMILES string of the molecule is CC1=CC(=[SiH]Cc2ccccc2)C(C)=C1. The molecule has 0 atom stereocenters. The van der Waals surface area contributed by atoms with E-state index in [1.54, 1.807) is 5.17 Å². The molecule has 0 heterocycles. The van der Waals surface area contributed by atoms with Gasteiger partial charge in [-0.15, -0.1) is 0 Å². The molecule has 0 N–H and O–H groups in total. The first-order valence-corrected chi connectivity index (χ1v) is 6.76. The lowest BCUT2D eigenvalue weighted by molar-refractivity contribution is 1.40. The monoisotopic (exact) mass is 212 g/mol. The van der Waals surface area contributed by atoms with Crippen molar-refractivity contribution < 1.29 is 0 Å². The molecule has 0 bridgehead atoms. The van der Waals surface area contributed by atoms with E-state index in [2.05, 4.69) is 56.3 Å². The summed E-state index contributed by atoms with van der Waals surface area (Å²) in [5.74, 6) is 0. The molecule has 0 spiro atoms. The number of benzene rings is 1. The van der Waals surface area contributed by atoms with Crippen LogP contribution in [0.1, 0.15) is 19.4 Å². The first-order chi connectivity index (χ1) is 7.25. The van der Waals surface area contributed by atoms with Crippen LogP contribution in [0.25, 0.3) is 0 Å². The predicted octanol–water partition coefficient (Wildman–Crippen LogP) is 2.70. The van der Waals surface area contributed by atoms with E-state index in [0.717, 1.165) is 0 Å². The average Bonchev–Trinajstić information content (AvgIpc) is 2.56. The highest BCUT2D eigenvalue weighted by Gasteiger charge is 2.03. The molecule has 15 heavy (non-hydrogen) atoms. The van der Waals surface area contributed by atoms with Crippen molar-refractivity contribution in [2.45, 2.75) is 19.9 Å². The molecule has 0 aliphatic heterocycles. The highest BCUT2D eigenvalue weighted by atomic mass is 28.2. The lowest BCUT2D eigenvalue weighted by Gasteiger charge is -1.98. The second-order valence-corrected chi connectivity index (χ2v) is 5.50. The predicted molar refractivity (Wildman–Crippen MR) is 69.8 cm³/mol. The van der Waals surface area contributed by atoms with Gasteiger partial charge >= 0.3 is 0 Å². The third-order valence-corrected chi connectivity index (χ3v) is 4.42. The number of rotatable bonds is 2. The van der Waals surface area contributed by atoms with Crippen LogP contribution in [0.5, 0.6) is 0 Å². The van der Waals surface area contributed by atoms with Gasteiger partial charge in [0, 0.05) is 9.13 Å². The van der Waals surface area contributed by atoms with E-state index in [0.29, 0.717) is 9.13 Å². The standard InChI is InChI=1S/C14H16Si/c1-11-8-12(2)14(9-11)15-10-13-6-4-3-5-7-13/h3-9,15H,10H2,1-2H3. The first-order valence-electron chi connectivity index (χ1n) is 5.37. The zero-order valence-electron chi connectivity index (χ0n) is 9.33. The van der Waals surface area contributed by atoms with Crippen LogP contribution in [0.15, 0.2) is 53.6 Å². The summed E-state index contributed by atoms with van der Waals surface area (Å²) in [6, 6.07) is 12.0. The normalized spacial score (nSPS) is 17.9. The molecule has 1 aliphatic rings. The number of hydrogen-bond acceptors (Lipinski definition) is 0. The maximum atomic E-state index is 2.34. The molecular formula is C14H16Si. The molecule has 0 aromatic heterocycles. The Kier molecular flexibility index (Phi) is 3.12. The van der Waals surface area contributed by atoms with E-state index < -0.39 is 0 Å². The minimum atomic E-state index is 0.392. The van der Waals surface area contributed by atoms with Gasteiger partial charge in [-0.05, 0) is 36.2 Å². The first kappa shape index (κ1) is 10.3. The summed E-state index contributed by atoms with van der Waals surface area (Å²) in [6.45, 7) is 4.40. The van der Waals surface area contributed by atoms with Crippen LogP contribution in [0, 0.1) is 0 Å². The van der Waals surface area contributed by atoms with E-state index in [1.807, 2.05) is 0 Å². The van der Waals surface area contributed by atoms with Crippen LogP contribution < -0.4 is 0 Å². The van der Waals surface area contributed by atoms with E-state index in [1.165, 1.54) is 22.8 Å². The van der Waals surface area contributed by atoms with E-state index in [9.17, 15) is 0 Å². The Balaban J connectivity index is 2.11. The molecule has 0 nitrogen and oxygen atoms in total. The van der Waals surface area contributed by atoms with Crippen LogP contribution >= 0.6 is 0 Å². The molecule has 0 unspecified atom stereocenters. The third kappa shape index (κ3) is 2.63. The molecule has 1 aromatic carbocycles. The molecule has 1 heteroatoms. The van der Waals surface area contributed by atoms with E-state index >= 15 is 0 Å². The second kappa shape index (κ2) is 4.54. The zero-order chi connectivity index (χ0) is 10.7. The van der Waals surface area contributed by atoms with Crippen molar-refractivity contribution >= 4 is 14.3 Å². The van der Waals surface area contributed by atoms with Gasteiger partial charge in [-0.25, -0.2) is 0 Å². The van der Waals surface area contributed by atoms with Gasteiger partial charge in [-0.2, -0.15) is 0 Å². The van der Waals surface area contributed by atoms with Gasteiger partial charge in [0.1, 0.15) is 0 Å². The molecule has 0 radical (unpaired) electrons. The molecule has 0 saturated heterocycles. The largest absolute Gasteiger partial charge is 0.0622 e. The van der Waals surface area contributed by atoms with Crippen molar-refractivity contribution in [3.05, 3.63) is 59.2 Å². The Labute approximate surface area is 93.8 Å². The number of allylic oxidation sites excluding steroid dienone is 4. The number of hydrogen-bond donors (Lipinski definition) is 0. The molecule has 76 valence electrons. The Hall–Kier alpha value is -1.21. The fourth-order valence-electron chi connectivity index (χ4n) is 1.89. The molecule has 2 rings (SSSR count). The molecule has 0 fully saturated rings. The lowest BCUT2D eigenvalue weighted by Crippen LogP contribution is -2.02. The Morgan fingerprint density at radius 1 is 1.00 bits per heavy atom. The van der Waals surface area contributed by atoms with Gasteiger partial charge in [0.05, 0.1) is 0 Å². The van der Waals surface area contributed by atoms with Gasteiger partial charge in [-0.1, -0.05) is 48.1 Å². The Bertz CT molecular complexity index is 436. The summed E-state index contributed by atoms with van der Waals surface area (Å²) in [7, 11) is 0.392. The highest BCUT2D eigenvalue weighted by Crippen LogP contribution is 2.12. The average molecular weight is 212 g/mol. The van der Waals surface area contributed by atoms with Gasteiger partial charge in [0.15, 0.2) is 0 Å².